The smallest absolute Gasteiger partial charge is 0.233 e. The van der Waals surface area contributed by atoms with Crippen LogP contribution in [0.4, 0.5) is 10.1 Å². The molecule has 1 N–H and O–H groups in total. The van der Waals surface area contributed by atoms with Gasteiger partial charge in [-0.3, -0.25) is 19.7 Å². The molecule has 4 atom stereocenters. The van der Waals surface area contributed by atoms with Crippen LogP contribution >= 0.6 is 11.6 Å². The normalized spacial score (nSPS) is 27.3. The van der Waals surface area contributed by atoms with Crippen LogP contribution in [0, 0.1) is 17.7 Å². The molecule has 140 valence electrons. The average molecular weight is 397 g/mol. The third-order valence-corrected chi connectivity index (χ3v) is 5.96. The Hall–Kier alpha value is -2.99. The number of nitrogens with one attached hydrogen (secondary N) is 1. The van der Waals surface area contributed by atoms with Crippen molar-refractivity contribution in [1.29, 1.82) is 0 Å². The zero-order valence-corrected chi connectivity index (χ0v) is 15.2. The molecule has 2 fully saturated rings. The van der Waals surface area contributed by atoms with E-state index in [1.165, 1.54) is 12.1 Å². The summed E-state index contributed by atoms with van der Waals surface area (Å²) in [5, 5.41) is 2.85. The Kier molecular flexibility index (Phi) is 3.67. The minimum Gasteiger partial charge on any atom is -0.352 e. The quantitative estimate of drug-likeness (QED) is 0.626. The topological polar surface area (TPSA) is 66.5 Å². The molecule has 5 rings (SSSR count). The van der Waals surface area contributed by atoms with Gasteiger partial charge in [-0.25, -0.2) is 4.39 Å². The second-order valence-electron chi connectivity index (χ2n) is 7.18. The molecule has 2 saturated heterocycles. The van der Waals surface area contributed by atoms with Crippen LogP contribution in [0.1, 0.15) is 15.9 Å². The van der Waals surface area contributed by atoms with Crippen molar-refractivity contribution >= 4 is 41.0 Å². The maximum atomic E-state index is 13.7. The standard InChI is InChI=1S/C21H14ClFN2O3/c22-12-4-1-10(2-5-12)19(26)18-17-16(20(27)24-21(17)28)15-7-3-11-9-13(23)6-8-14(11)25(15)18/h1-9,15-18H,(H,24,27,28). The van der Waals surface area contributed by atoms with E-state index < -0.39 is 35.6 Å². The van der Waals surface area contributed by atoms with Crippen LogP contribution in [0.3, 0.4) is 0 Å². The first-order valence-electron chi connectivity index (χ1n) is 8.86. The fourth-order valence-corrected chi connectivity index (χ4v) is 4.67. The average Bonchev–Trinajstić information content (AvgIpc) is 3.17. The van der Waals surface area contributed by atoms with Gasteiger partial charge in [0.2, 0.25) is 11.8 Å². The second-order valence-corrected chi connectivity index (χ2v) is 7.62. The van der Waals surface area contributed by atoms with Gasteiger partial charge in [-0.15, -0.1) is 0 Å². The van der Waals surface area contributed by atoms with Crippen LogP contribution in [0.2, 0.25) is 5.02 Å². The van der Waals surface area contributed by atoms with Crippen molar-refractivity contribution in [3.8, 4) is 0 Å². The number of carbonyl (C=O) groups excluding carboxylic acids is 3. The maximum Gasteiger partial charge on any atom is 0.233 e. The van der Waals surface area contributed by atoms with E-state index in [9.17, 15) is 18.8 Å². The molecule has 3 aliphatic rings. The molecule has 0 saturated carbocycles. The van der Waals surface area contributed by atoms with E-state index in [0.29, 0.717) is 21.8 Å². The van der Waals surface area contributed by atoms with Crippen molar-refractivity contribution in [2.45, 2.75) is 12.1 Å². The molecule has 0 radical (unpaired) electrons. The lowest BCUT2D eigenvalue weighted by Crippen LogP contribution is -2.47. The zero-order valence-electron chi connectivity index (χ0n) is 14.4. The summed E-state index contributed by atoms with van der Waals surface area (Å²) >= 11 is 5.92. The molecule has 2 amide bonds. The van der Waals surface area contributed by atoms with Crippen molar-refractivity contribution in [3.63, 3.8) is 0 Å². The number of nitrogens with zero attached hydrogens (tertiary/aromatic N) is 1. The van der Waals surface area contributed by atoms with Crippen molar-refractivity contribution in [2.24, 2.45) is 11.8 Å². The third kappa shape index (κ3) is 2.34. The Morgan fingerprint density at radius 3 is 2.50 bits per heavy atom. The molecule has 0 bridgehead atoms. The van der Waals surface area contributed by atoms with E-state index in [1.54, 1.807) is 47.4 Å². The predicted octanol–water partition coefficient (Wildman–Crippen LogP) is 2.83. The Balaban J connectivity index is 1.66. The lowest BCUT2D eigenvalue weighted by Gasteiger charge is -2.35. The number of carbonyl (C=O) groups is 3. The van der Waals surface area contributed by atoms with Gasteiger partial charge in [0.25, 0.3) is 0 Å². The summed E-state index contributed by atoms with van der Waals surface area (Å²) in [5.41, 5.74) is 1.65. The monoisotopic (exact) mass is 396 g/mol. The number of ketones is 1. The lowest BCUT2D eigenvalue weighted by atomic mass is 9.86. The van der Waals surface area contributed by atoms with Gasteiger partial charge in [0.1, 0.15) is 11.9 Å². The highest BCUT2D eigenvalue weighted by Crippen LogP contribution is 2.47. The SMILES string of the molecule is O=C1NC(=O)C2C1C1C=Cc3cc(F)ccc3N1C2C(=O)c1ccc(Cl)cc1. The van der Waals surface area contributed by atoms with Crippen LogP contribution in [0.15, 0.2) is 48.5 Å². The summed E-state index contributed by atoms with van der Waals surface area (Å²) in [7, 11) is 0. The molecular formula is C21H14ClFN2O3. The number of hydrogen-bond acceptors (Lipinski definition) is 4. The van der Waals surface area contributed by atoms with Crippen LogP contribution in [-0.4, -0.2) is 29.7 Å². The number of imide groups is 1. The molecule has 4 unspecified atom stereocenters. The summed E-state index contributed by atoms with van der Waals surface area (Å²) in [5.74, 6) is -2.97. The number of Topliss-reactive ketones (excluding diaryl/α,β-unsaturated/α-hetero) is 1. The van der Waals surface area contributed by atoms with E-state index in [4.69, 9.17) is 11.6 Å². The van der Waals surface area contributed by atoms with Gasteiger partial charge in [0.15, 0.2) is 5.78 Å². The first-order valence-corrected chi connectivity index (χ1v) is 9.24. The summed E-state index contributed by atoms with van der Waals surface area (Å²) in [6, 6.07) is 9.40. The molecule has 0 spiro atoms. The molecular weight excluding hydrogens is 383 g/mol. The van der Waals surface area contributed by atoms with E-state index >= 15 is 0 Å². The Bertz CT molecular complexity index is 1070. The summed E-state index contributed by atoms with van der Waals surface area (Å²) < 4.78 is 13.7. The number of fused-ring (bicyclic) bond motifs is 5. The Labute approximate surface area is 164 Å². The molecule has 28 heavy (non-hydrogen) atoms. The predicted molar refractivity (Wildman–Crippen MR) is 101 cm³/mol. The van der Waals surface area contributed by atoms with Gasteiger partial charge >= 0.3 is 0 Å². The molecule has 7 heteroatoms. The number of hydrogen-bond donors (Lipinski definition) is 1. The van der Waals surface area contributed by atoms with Gasteiger partial charge in [-0.2, -0.15) is 0 Å². The van der Waals surface area contributed by atoms with E-state index in [0.717, 1.165) is 0 Å². The first kappa shape index (κ1) is 17.1. The Morgan fingerprint density at radius 1 is 1.04 bits per heavy atom. The number of benzene rings is 2. The van der Waals surface area contributed by atoms with Crippen LogP contribution in [-0.2, 0) is 9.59 Å². The van der Waals surface area contributed by atoms with Crippen LogP contribution in [0.5, 0.6) is 0 Å². The fraction of sp³-hybridized carbons (Fsp3) is 0.190. The minimum atomic E-state index is -0.864. The van der Waals surface area contributed by atoms with Gasteiger partial charge in [0, 0.05) is 21.8 Å². The number of amides is 2. The zero-order chi connectivity index (χ0) is 19.6. The number of rotatable bonds is 2. The van der Waals surface area contributed by atoms with Crippen molar-refractivity contribution in [2.75, 3.05) is 4.90 Å². The molecule has 5 nitrogen and oxygen atoms in total. The molecule has 2 aromatic carbocycles. The van der Waals surface area contributed by atoms with E-state index in [1.807, 2.05) is 0 Å². The van der Waals surface area contributed by atoms with Crippen LogP contribution < -0.4 is 10.2 Å². The summed E-state index contributed by atoms with van der Waals surface area (Å²) in [6.07, 6.45) is 3.51. The third-order valence-electron chi connectivity index (χ3n) is 5.71. The summed E-state index contributed by atoms with van der Waals surface area (Å²) in [4.78, 5) is 40.2. The minimum absolute atomic E-state index is 0.274. The molecule has 3 heterocycles. The molecule has 3 aliphatic heterocycles. The fourth-order valence-electron chi connectivity index (χ4n) is 4.55. The van der Waals surface area contributed by atoms with Crippen molar-refractivity contribution < 1.29 is 18.8 Å². The maximum absolute atomic E-state index is 13.7. The highest BCUT2D eigenvalue weighted by atomic mass is 35.5. The van der Waals surface area contributed by atoms with Gasteiger partial charge in [0.05, 0.1) is 17.9 Å². The molecule has 0 aromatic heterocycles. The van der Waals surface area contributed by atoms with Gasteiger partial charge < -0.3 is 4.90 Å². The Morgan fingerprint density at radius 2 is 1.75 bits per heavy atom. The van der Waals surface area contributed by atoms with Crippen molar-refractivity contribution in [3.05, 3.63) is 70.5 Å². The molecule has 2 aromatic rings. The van der Waals surface area contributed by atoms with E-state index in [-0.39, 0.29) is 11.7 Å². The van der Waals surface area contributed by atoms with Crippen LogP contribution in [0.25, 0.3) is 6.08 Å². The second kappa shape index (κ2) is 6.01. The lowest BCUT2D eigenvalue weighted by molar-refractivity contribution is -0.126. The van der Waals surface area contributed by atoms with E-state index in [2.05, 4.69) is 5.32 Å². The number of anilines is 1. The highest BCUT2D eigenvalue weighted by Gasteiger charge is 2.61. The van der Waals surface area contributed by atoms with Crippen molar-refractivity contribution in [1.82, 2.24) is 5.32 Å². The largest absolute Gasteiger partial charge is 0.352 e. The summed E-state index contributed by atoms with van der Waals surface area (Å²) in [6.45, 7) is 0. The van der Waals surface area contributed by atoms with Gasteiger partial charge in [-0.05, 0) is 42.5 Å². The highest BCUT2D eigenvalue weighted by molar-refractivity contribution is 6.30. The first-order chi connectivity index (χ1) is 13.5. The molecule has 0 aliphatic carbocycles. The number of halogens is 2. The van der Waals surface area contributed by atoms with Gasteiger partial charge in [-0.1, -0.05) is 23.8 Å².